The summed E-state index contributed by atoms with van der Waals surface area (Å²) in [4.78, 5) is 19.1. The zero-order chi connectivity index (χ0) is 22.8. The topological polar surface area (TPSA) is 84.3 Å². The molecule has 32 heavy (non-hydrogen) atoms. The Bertz CT molecular complexity index is 1130. The molecule has 4 rings (SSSR count). The Morgan fingerprint density at radius 2 is 2.12 bits per heavy atom. The molecule has 8 nitrogen and oxygen atoms in total. The van der Waals surface area contributed by atoms with Gasteiger partial charge in [0.15, 0.2) is 0 Å². The molecule has 3 heterocycles. The van der Waals surface area contributed by atoms with Crippen LogP contribution < -0.4 is 15.5 Å². The third-order valence-corrected chi connectivity index (χ3v) is 5.76. The van der Waals surface area contributed by atoms with Gasteiger partial charge in [0.1, 0.15) is 17.7 Å². The number of nitrogens with one attached hydrogen (secondary N) is 2. The van der Waals surface area contributed by atoms with Crippen molar-refractivity contribution in [2.24, 2.45) is 0 Å². The number of anilines is 3. The number of pyridine rings is 1. The molecule has 0 fully saturated rings. The van der Waals surface area contributed by atoms with Crippen LogP contribution in [0.4, 0.5) is 21.6 Å². The molecule has 0 spiro atoms. The molecule has 2 atom stereocenters. The zero-order valence-corrected chi connectivity index (χ0v) is 18.6. The lowest BCUT2D eigenvalue weighted by Crippen LogP contribution is -2.52. The Hall–Kier alpha value is -3.46. The van der Waals surface area contributed by atoms with Crippen LogP contribution in [0, 0.1) is 12.7 Å². The van der Waals surface area contributed by atoms with Crippen molar-refractivity contribution in [3.63, 3.8) is 0 Å². The molecule has 9 heteroatoms. The number of carbonyl (C=O) groups is 1. The molecular weight excluding hydrogens is 411 g/mol. The van der Waals surface area contributed by atoms with Crippen LogP contribution in [0.3, 0.4) is 0 Å². The van der Waals surface area contributed by atoms with E-state index in [9.17, 15) is 9.18 Å². The first-order valence-electron chi connectivity index (χ1n) is 10.4. The first kappa shape index (κ1) is 21.8. The van der Waals surface area contributed by atoms with Gasteiger partial charge in [0.05, 0.1) is 35.9 Å². The summed E-state index contributed by atoms with van der Waals surface area (Å²) in [7, 11) is 3.48. The second-order valence-corrected chi connectivity index (χ2v) is 7.96. The van der Waals surface area contributed by atoms with Crippen LogP contribution in [-0.2, 0) is 22.6 Å². The Balaban J connectivity index is 1.48. The first-order valence-corrected chi connectivity index (χ1v) is 10.4. The van der Waals surface area contributed by atoms with E-state index in [1.807, 2.05) is 44.1 Å². The number of methoxy groups -OCH3 is 1. The number of aryl methyl sites for hydroxylation is 1. The van der Waals surface area contributed by atoms with Crippen LogP contribution in [-0.4, -0.2) is 47.0 Å². The van der Waals surface area contributed by atoms with Gasteiger partial charge in [-0.25, -0.2) is 9.37 Å². The van der Waals surface area contributed by atoms with Gasteiger partial charge < -0.3 is 20.3 Å². The van der Waals surface area contributed by atoms with Gasteiger partial charge in [-0.15, -0.1) is 0 Å². The van der Waals surface area contributed by atoms with E-state index < -0.39 is 6.04 Å². The number of aromatic nitrogens is 3. The van der Waals surface area contributed by atoms with Gasteiger partial charge in [-0.1, -0.05) is 18.2 Å². The molecule has 0 saturated carbocycles. The van der Waals surface area contributed by atoms with E-state index in [1.54, 1.807) is 30.1 Å². The van der Waals surface area contributed by atoms with E-state index in [4.69, 9.17) is 4.74 Å². The van der Waals surface area contributed by atoms with Crippen LogP contribution in [0.1, 0.15) is 23.7 Å². The van der Waals surface area contributed by atoms with E-state index in [2.05, 4.69) is 20.7 Å². The number of amides is 1. The number of rotatable bonds is 7. The van der Waals surface area contributed by atoms with E-state index in [1.165, 1.54) is 6.07 Å². The van der Waals surface area contributed by atoms with Crippen molar-refractivity contribution in [1.29, 1.82) is 0 Å². The average molecular weight is 439 g/mol. The minimum absolute atomic E-state index is 0.109. The van der Waals surface area contributed by atoms with Crippen molar-refractivity contribution in [1.82, 2.24) is 14.8 Å². The summed E-state index contributed by atoms with van der Waals surface area (Å²) in [6.07, 6.45) is 3.37. The second-order valence-electron chi connectivity index (χ2n) is 7.96. The SMILES string of the molecule is CO[C@H](C)[C@H]1C(=O)Nc2c(cc(NCc3cnn(Cc4ccccc4F)c3)nc2C)N1C. The van der Waals surface area contributed by atoms with Gasteiger partial charge in [0, 0.05) is 44.1 Å². The minimum Gasteiger partial charge on any atom is -0.379 e. The van der Waals surface area contributed by atoms with Crippen LogP contribution in [0.15, 0.2) is 42.7 Å². The maximum atomic E-state index is 13.9. The summed E-state index contributed by atoms with van der Waals surface area (Å²) in [5.74, 6) is 0.339. The molecular formula is C23H27FN6O2. The van der Waals surface area contributed by atoms with Gasteiger partial charge in [-0.05, 0) is 19.9 Å². The van der Waals surface area contributed by atoms with Crippen molar-refractivity contribution in [2.45, 2.75) is 39.1 Å². The number of carbonyl (C=O) groups excluding carboxylic acids is 1. The lowest BCUT2D eigenvalue weighted by Gasteiger charge is -2.38. The van der Waals surface area contributed by atoms with E-state index >= 15 is 0 Å². The Morgan fingerprint density at radius 3 is 2.88 bits per heavy atom. The summed E-state index contributed by atoms with van der Waals surface area (Å²) >= 11 is 0. The molecule has 1 amide bonds. The number of likely N-dealkylation sites (N-methyl/N-ethyl adjacent to an activating group) is 1. The molecule has 1 aliphatic heterocycles. The highest BCUT2D eigenvalue weighted by Crippen LogP contribution is 2.36. The van der Waals surface area contributed by atoms with Crippen molar-refractivity contribution in [2.75, 3.05) is 29.7 Å². The third kappa shape index (κ3) is 4.29. The Morgan fingerprint density at radius 1 is 1.34 bits per heavy atom. The van der Waals surface area contributed by atoms with Gasteiger partial charge in [0.25, 0.3) is 0 Å². The van der Waals surface area contributed by atoms with Crippen LogP contribution in [0.2, 0.25) is 0 Å². The number of benzene rings is 1. The smallest absolute Gasteiger partial charge is 0.249 e. The maximum absolute atomic E-state index is 13.9. The molecule has 2 N–H and O–H groups in total. The number of hydrogen-bond acceptors (Lipinski definition) is 6. The zero-order valence-electron chi connectivity index (χ0n) is 18.6. The summed E-state index contributed by atoms with van der Waals surface area (Å²) in [5.41, 5.74) is 3.85. The highest BCUT2D eigenvalue weighted by Gasteiger charge is 2.36. The Labute approximate surface area is 186 Å². The average Bonchev–Trinajstić information content (AvgIpc) is 3.22. The largest absolute Gasteiger partial charge is 0.379 e. The van der Waals surface area contributed by atoms with Gasteiger partial charge in [-0.2, -0.15) is 5.10 Å². The lowest BCUT2D eigenvalue weighted by atomic mass is 10.0. The van der Waals surface area contributed by atoms with Crippen molar-refractivity contribution < 1.29 is 13.9 Å². The number of ether oxygens (including phenoxy) is 1. The van der Waals surface area contributed by atoms with E-state index in [-0.39, 0.29) is 17.8 Å². The molecule has 168 valence electrons. The monoisotopic (exact) mass is 438 g/mol. The van der Waals surface area contributed by atoms with E-state index in [0.717, 1.165) is 16.9 Å². The second kappa shape index (κ2) is 8.96. The van der Waals surface area contributed by atoms with Crippen LogP contribution in [0.25, 0.3) is 0 Å². The standard InChI is InChI=1S/C23H27FN6O2/c1-14-21-19(29(3)22(15(2)32-4)23(31)28-21)9-20(27-14)25-10-16-11-26-30(12-16)13-17-7-5-6-8-18(17)24/h5-9,11-12,15,22H,10,13H2,1-4H3,(H,25,27)(H,28,31)/t15-,22+/m1/s1. The van der Waals surface area contributed by atoms with Crippen molar-refractivity contribution in [3.8, 4) is 0 Å². The van der Waals surface area contributed by atoms with Crippen molar-refractivity contribution in [3.05, 3.63) is 65.4 Å². The fraction of sp³-hybridized carbons (Fsp3) is 0.348. The van der Waals surface area contributed by atoms with E-state index in [0.29, 0.717) is 30.2 Å². The highest BCUT2D eigenvalue weighted by atomic mass is 19.1. The van der Waals surface area contributed by atoms with Crippen LogP contribution >= 0.6 is 0 Å². The fourth-order valence-corrected chi connectivity index (χ4v) is 3.94. The predicted octanol–water partition coefficient (Wildman–Crippen LogP) is 3.18. The number of halogens is 1. The fourth-order valence-electron chi connectivity index (χ4n) is 3.94. The molecule has 0 saturated heterocycles. The molecule has 0 bridgehead atoms. The van der Waals surface area contributed by atoms with Crippen molar-refractivity contribution >= 4 is 23.1 Å². The summed E-state index contributed by atoms with van der Waals surface area (Å²) in [6.45, 7) is 4.62. The summed E-state index contributed by atoms with van der Waals surface area (Å²) in [5, 5.41) is 10.6. The predicted molar refractivity (Wildman–Crippen MR) is 121 cm³/mol. The van der Waals surface area contributed by atoms with Gasteiger partial charge in [-0.3, -0.25) is 9.48 Å². The quantitative estimate of drug-likeness (QED) is 0.590. The first-order chi connectivity index (χ1) is 15.4. The van der Waals surface area contributed by atoms with Crippen LogP contribution in [0.5, 0.6) is 0 Å². The Kier molecular flexibility index (Phi) is 6.09. The number of fused-ring (bicyclic) bond motifs is 1. The third-order valence-electron chi connectivity index (χ3n) is 5.76. The minimum atomic E-state index is -0.432. The maximum Gasteiger partial charge on any atom is 0.249 e. The summed E-state index contributed by atoms with van der Waals surface area (Å²) < 4.78 is 21.0. The molecule has 0 unspecified atom stereocenters. The lowest BCUT2D eigenvalue weighted by molar-refractivity contribution is -0.120. The molecule has 3 aromatic rings. The normalized spacial score (nSPS) is 16.5. The number of hydrogen-bond donors (Lipinski definition) is 2. The highest BCUT2D eigenvalue weighted by molar-refractivity contribution is 6.04. The molecule has 0 aliphatic carbocycles. The molecule has 1 aromatic carbocycles. The number of nitrogens with zero attached hydrogens (tertiary/aromatic N) is 4. The van der Waals surface area contributed by atoms with Gasteiger partial charge in [0.2, 0.25) is 5.91 Å². The summed E-state index contributed by atoms with van der Waals surface area (Å²) in [6, 6.07) is 8.17. The molecule has 0 radical (unpaired) electrons. The van der Waals surface area contributed by atoms with Gasteiger partial charge >= 0.3 is 0 Å². The molecule has 1 aliphatic rings. The molecule has 2 aromatic heterocycles.